The maximum atomic E-state index is 15.2. The highest BCUT2D eigenvalue weighted by atomic mass is 19.1. The van der Waals surface area contributed by atoms with Crippen molar-refractivity contribution in [3.05, 3.63) is 54.5 Å². The minimum absolute atomic E-state index is 0.169. The van der Waals surface area contributed by atoms with E-state index < -0.39 is 11.6 Å². The monoisotopic (exact) mass is 449 g/mol. The molecule has 3 N–H and O–H groups in total. The average Bonchev–Trinajstić information content (AvgIpc) is 3.18. The lowest BCUT2D eigenvalue weighted by atomic mass is 9.99. The highest BCUT2D eigenvalue weighted by Crippen LogP contribution is 2.36. The van der Waals surface area contributed by atoms with E-state index in [2.05, 4.69) is 20.2 Å². The number of halogens is 2. The number of aryl methyl sites for hydroxylation is 1. The van der Waals surface area contributed by atoms with Crippen molar-refractivity contribution in [1.82, 2.24) is 19.5 Å². The van der Waals surface area contributed by atoms with Crippen LogP contribution in [0.15, 0.2) is 42.9 Å². The van der Waals surface area contributed by atoms with Crippen molar-refractivity contribution in [2.45, 2.75) is 18.9 Å². The Balaban J connectivity index is 1.67. The van der Waals surface area contributed by atoms with Gasteiger partial charge >= 0.3 is 0 Å². The van der Waals surface area contributed by atoms with Crippen LogP contribution in [0.5, 0.6) is 0 Å². The van der Waals surface area contributed by atoms with Crippen LogP contribution in [0, 0.1) is 11.6 Å². The summed E-state index contributed by atoms with van der Waals surface area (Å²) in [5.41, 5.74) is 9.56. The molecule has 5 rings (SSSR count). The first-order chi connectivity index (χ1) is 15.9. The summed E-state index contributed by atoms with van der Waals surface area (Å²) in [5, 5.41) is 2.82. The maximum absolute atomic E-state index is 15.2. The van der Waals surface area contributed by atoms with Gasteiger partial charge in [-0.15, -0.1) is 0 Å². The molecule has 3 heterocycles. The Morgan fingerprint density at radius 1 is 1.03 bits per heavy atom. The molecule has 0 aliphatic carbocycles. The summed E-state index contributed by atoms with van der Waals surface area (Å²) in [6.07, 6.45) is 4.94. The van der Waals surface area contributed by atoms with E-state index in [-0.39, 0.29) is 6.04 Å². The molecule has 0 spiro atoms. The van der Waals surface area contributed by atoms with Gasteiger partial charge in [-0.1, -0.05) is 6.07 Å². The minimum atomic E-state index is -0.417. The van der Waals surface area contributed by atoms with E-state index in [0.717, 1.165) is 25.9 Å². The molecule has 2 aromatic carbocycles. The third-order valence-electron chi connectivity index (χ3n) is 6.21. The standard InChI is InChI=1S/C24H25F2N7/c1-28-20-4-3-14(9-19(20)26)23-17(12-29-24(31-23)33-7-5-15(27)6-8-33)16-10-21-22(11-18(16)25)32(2)13-30-21/h3-4,9-13,15,28H,5-8,27H2,1-2H3. The maximum Gasteiger partial charge on any atom is 0.225 e. The number of anilines is 2. The Labute approximate surface area is 190 Å². The van der Waals surface area contributed by atoms with E-state index in [1.165, 1.54) is 12.1 Å². The molecule has 0 radical (unpaired) electrons. The molecule has 1 fully saturated rings. The van der Waals surface area contributed by atoms with Crippen molar-refractivity contribution in [3.8, 4) is 22.4 Å². The van der Waals surface area contributed by atoms with E-state index in [1.807, 2.05) is 7.05 Å². The van der Waals surface area contributed by atoms with Gasteiger partial charge in [0, 0.05) is 62.2 Å². The van der Waals surface area contributed by atoms with Crippen molar-refractivity contribution in [2.75, 3.05) is 30.4 Å². The topological polar surface area (TPSA) is 84.9 Å². The fourth-order valence-corrected chi connectivity index (χ4v) is 4.26. The summed E-state index contributed by atoms with van der Waals surface area (Å²) in [5.74, 6) is -0.302. The Morgan fingerprint density at radius 3 is 2.55 bits per heavy atom. The van der Waals surface area contributed by atoms with Crippen LogP contribution in [0.1, 0.15) is 12.8 Å². The molecule has 0 atom stereocenters. The fraction of sp³-hybridized carbons (Fsp3) is 0.292. The Kier molecular flexibility index (Phi) is 5.41. The number of benzene rings is 2. The largest absolute Gasteiger partial charge is 0.386 e. The Bertz CT molecular complexity index is 1330. The van der Waals surface area contributed by atoms with Gasteiger partial charge in [0.15, 0.2) is 0 Å². The summed E-state index contributed by atoms with van der Waals surface area (Å²) in [7, 11) is 3.47. The minimum Gasteiger partial charge on any atom is -0.386 e. The van der Waals surface area contributed by atoms with Crippen molar-refractivity contribution in [3.63, 3.8) is 0 Å². The molecule has 4 aromatic rings. The number of hydrogen-bond donors (Lipinski definition) is 2. The van der Waals surface area contributed by atoms with Gasteiger partial charge < -0.3 is 20.5 Å². The first kappa shape index (κ1) is 21.3. The number of nitrogens with zero attached hydrogens (tertiary/aromatic N) is 5. The molecule has 1 saturated heterocycles. The zero-order valence-corrected chi connectivity index (χ0v) is 18.5. The summed E-state index contributed by atoms with van der Waals surface area (Å²) >= 11 is 0. The lowest BCUT2D eigenvalue weighted by Gasteiger charge is -2.30. The van der Waals surface area contributed by atoms with Gasteiger partial charge in [0.05, 0.1) is 28.7 Å². The van der Waals surface area contributed by atoms with E-state index >= 15 is 4.39 Å². The zero-order chi connectivity index (χ0) is 23.1. The van der Waals surface area contributed by atoms with E-state index in [0.29, 0.717) is 45.1 Å². The number of hydrogen-bond acceptors (Lipinski definition) is 6. The van der Waals surface area contributed by atoms with Gasteiger partial charge in [-0.3, -0.25) is 0 Å². The molecule has 0 amide bonds. The molecule has 0 bridgehead atoms. The average molecular weight is 450 g/mol. The molecule has 33 heavy (non-hydrogen) atoms. The van der Waals surface area contributed by atoms with Crippen LogP contribution in [-0.2, 0) is 7.05 Å². The Hall–Kier alpha value is -3.59. The third kappa shape index (κ3) is 3.89. The normalized spacial score (nSPS) is 14.8. The second kappa shape index (κ2) is 8.40. The highest BCUT2D eigenvalue weighted by molar-refractivity contribution is 5.88. The van der Waals surface area contributed by atoms with Gasteiger partial charge in [0.1, 0.15) is 11.6 Å². The quantitative estimate of drug-likeness (QED) is 0.491. The number of nitrogens with one attached hydrogen (secondary N) is 1. The van der Waals surface area contributed by atoms with Gasteiger partial charge in [-0.2, -0.15) is 0 Å². The highest BCUT2D eigenvalue weighted by Gasteiger charge is 2.22. The first-order valence-electron chi connectivity index (χ1n) is 10.9. The number of piperidine rings is 1. The van der Waals surface area contributed by atoms with Crippen LogP contribution < -0.4 is 16.0 Å². The van der Waals surface area contributed by atoms with E-state index in [4.69, 9.17) is 10.7 Å². The number of fused-ring (bicyclic) bond motifs is 1. The number of nitrogens with two attached hydrogens (primary N) is 1. The molecule has 1 aliphatic heterocycles. The lowest BCUT2D eigenvalue weighted by molar-refractivity contribution is 0.495. The second-order valence-electron chi connectivity index (χ2n) is 8.38. The van der Waals surface area contributed by atoms with Crippen LogP contribution in [0.4, 0.5) is 20.4 Å². The molecule has 0 saturated carbocycles. The van der Waals surface area contributed by atoms with E-state index in [9.17, 15) is 4.39 Å². The van der Waals surface area contributed by atoms with Crippen LogP contribution >= 0.6 is 0 Å². The van der Waals surface area contributed by atoms with Crippen LogP contribution in [0.2, 0.25) is 0 Å². The smallest absolute Gasteiger partial charge is 0.225 e. The van der Waals surface area contributed by atoms with E-state index in [1.54, 1.807) is 42.3 Å². The van der Waals surface area contributed by atoms with Crippen LogP contribution in [0.25, 0.3) is 33.4 Å². The lowest BCUT2D eigenvalue weighted by Crippen LogP contribution is -2.40. The van der Waals surface area contributed by atoms with Gasteiger partial charge in [0.25, 0.3) is 0 Å². The van der Waals surface area contributed by atoms with Gasteiger partial charge in [-0.25, -0.2) is 23.7 Å². The number of imidazole rings is 1. The third-order valence-corrected chi connectivity index (χ3v) is 6.21. The zero-order valence-electron chi connectivity index (χ0n) is 18.5. The molecule has 9 heteroatoms. The van der Waals surface area contributed by atoms with Crippen molar-refractivity contribution < 1.29 is 8.78 Å². The van der Waals surface area contributed by atoms with Crippen LogP contribution in [0.3, 0.4) is 0 Å². The number of aromatic nitrogens is 4. The number of rotatable bonds is 4. The van der Waals surface area contributed by atoms with Crippen molar-refractivity contribution >= 4 is 22.7 Å². The van der Waals surface area contributed by atoms with Gasteiger partial charge in [-0.05, 0) is 31.0 Å². The predicted octanol–water partition coefficient (Wildman–Crippen LogP) is 3.94. The van der Waals surface area contributed by atoms with Gasteiger partial charge in [0.2, 0.25) is 5.95 Å². The van der Waals surface area contributed by atoms with Crippen molar-refractivity contribution in [1.29, 1.82) is 0 Å². The molecule has 7 nitrogen and oxygen atoms in total. The predicted molar refractivity (Wildman–Crippen MR) is 126 cm³/mol. The summed E-state index contributed by atoms with van der Waals surface area (Å²) in [4.78, 5) is 15.7. The molecule has 170 valence electrons. The summed E-state index contributed by atoms with van der Waals surface area (Å²) in [6, 6.07) is 8.13. The molecule has 1 aliphatic rings. The Morgan fingerprint density at radius 2 is 1.82 bits per heavy atom. The van der Waals surface area contributed by atoms with Crippen molar-refractivity contribution in [2.24, 2.45) is 12.8 Å². The summed E-state index contributed by atoms with van der Waals surface area (Å²) < 4.78 is 31.7. The SMILES string of the molecule is CNc1ccc(-c2nc(N3CCC(N)CC3)ncc2-c2cc3ncn(C)c3cc2F)cc1F. The first-order valence-corrected chi connectivity index (χ1v) is 10.9. The molecular weight excluding hydrogens is 424 g/mol. The molecular formula is C24H25F2N7. The molecule has 2 aromatic heterocycles. The molecule has 0 unspecified atom stereocenters. The second-order valence-corrected chi connectivity index (χ2v) is 8.38. The van der Waals surface area contributed by atoms with Crippen LogP contribution in [-0.4, -0.2) is 45.7 Å². The fourth-order valence-electron chi connectivity index (χ4n) is 4.26. The summed E-state index contributed by atoms with van der Waals surface area (Å²) in [6.45, 7) is 1.47.